The van der Waals surface area contributed by atoms with Crippen molar-refractivity contribution in [2.24, 2.45) is 0 Å². The second-order valence-electron chi connectivity index (χ2n) is 10.0. The number of aromatic nitrogens is 1. The zero-order valence-corrected chi connectivity index (χ0v) is 22.5. The Hall–Kier alpha value is -4.34. The first kappa shape index (κ1) is 27.7. The molecule has 0 unspecified atom stereocenters. The van der Waals surface area contributed by atoms with Gasteiger partial charge in [-0.2, -0.15) is 4.98 Å². The summed E-state index contributed by atoms with van der Waals surface area (Å²) in [5.41, 5.74) is -0.0317. The van der Waals surface area contributed by atoms with E-state index in [1.807, 2.05) is 0 Å². The largest absolute Gasteiger partial charge is 0.465 e. The van der Waals surface area contributed by atoms with E-state index in [-0.39, 0.29) is 17.3 Å². The van der Waals surface area contributed by atoms with E-state index in [1.165, 1.54) is 19.2 Å². The lowest BCUT2D eigenvalue weighted by atomic mass is 10.1. The van der Waals surface area contributed by atoms with Gasteiger partial charge >= 0.3 is 12.1 Å². The Morgan fingerprint density at radius 3 is 2.21 bits per heavy atom. The number of ether oxygens (including phenoxy) is 4. The van der Waals surface area contributed by atoms with Crippen LogP contribution in [0.5, 0.6) is 23.1 Å². The predicted octanol–water partition coefficient (Wildman–Crippen LogP) is 6.93. The van der Waals surface area contributed by atoms with Crippen LogP contribution >= 0.6 is 0 Å². The lowest BCUT2D eigenvalue weighted by Crippen LogP contribution is -2.32. The molecule has 9 nitrogen and oxygen atoms in total. The summed E-state index contributed by atoms with van der Waals surface area (Å²) in [7, 11) is 1.28. The second-order valence-corrected chi connectivity index (χ2v) is 10.0. The lowest BCUT2D eigenvalue weighted by molar-refractivity contribution is 0.0595. The summed E-state index contributed by atoms with van der Waals surface area (Å²) < 4.78 is 35.6. The number of esters is 1. The van der Waals surface area contributed by atoms with Gasteiger partial charge in [-0.3, -0.25) is 5.32 Å². The van der Waals surface area contributed by atoms with Gasteiger partial charge in [0.2, 0.25) is 5.88 Å². The summed E-state index contributed by atoms with van der Waals surface area (Å²) in [6.45, 7) is 6.79. The summed E-state index contributed by atoms with van der Waals surface area (Å²) >= 11 is 0. The van der Waals surface area contributed by atoms with Gasteiger partial charge in [-0.25, -0.2) is 14.0 Å². The van der Waals surface area contributed by atoms with Gasteiger partial charge in [-0.05, 0) is 82.5 Å². The maximum atomic E-state index is 13.5. The van der Waals surface area contributed by atoms with Gasteiger partial charge in [0.1, 0.15) is 34.2 Å². The van der Waals surface area contributed by atoms with Crippen LogP contribution in [0.25, 0.3) is 0 Å². The fourth-order valence-electron chi connectivity index (χ4n) is 4.04. The highest BCUT2D eigenvalue weighted by Gasteiger charge is 2.26. The van der Waals surface area contributed by atoms with Gasteiger partial charge < -0.3 is 23.8 Å². The normalized spacial score (nSPS) is 13.4. The van der Waals surface area contributed by atoms with Crippen LogP contribution in [0.3, 0.4) is 0 Å². The maximum absolute atomic E-state index is 13.5. The third-order valence-corrected chi connectivity index (χ3v) is 5.76. The SMILES string of the molecule is COC(=O)c1cc(N2CCCCC2)c(NC(=O)OC(C)(C)C)nc1Oc1ccc(Oc2cccc(F)c2)cc1. The standard InChI is InChI=1S/C29H32FN3O6/c1-29(2,3)39-28(35)32-25-24(33-15-6-5-7-16-33)18-23(27(34)36-4)26(31-25)38-21-13-11-20(12-14-21)37-22-10-8-9-19(30)17-22/h8-14,17-18H,5-7,15-16H2,1-4H3,(H,31,32,35). The Labute approximate surface area is 226 Å². The topological polar surface area (TPSA) is 99.2 Å². The highest BCUT2D eigenvalue weighted by Crippen LogP contribution is 2.35. The second kappa shape index (κ2) is 12.0. The maximum Gasteiger partial charge on any atom is 0.413 e. The molecule has 0 saturated carbocycles. The quantitative estimate of drug-likeness (QED) is 0.324. The van der Waals surface area contributed by atoms with Gasteiger partial charge in [-0.15, -0.1) is 0 Å². The van der Waals surface area contributed by atoms with Crippen molar-refractivity contribution in [1.29, 1.82) is 0 Å². The molecule has 0 aliphatic carbocycles. The molecule has 1 aliphatic heterocycles. The van der Waals surface area contributed by atoms with Crippen molar-refractivity contribution < 1.29 is 32.9 Å². The van der Waals surface area contributed by atoms with Crippen molar-refractivity contribution in [3.05, 3.63) is 66.0 Å². The average molecular weight is 538 g/mol. The summed E-state index contributed by atoms with van der Waals surface area (Å²) in [4.78, 5) is 32.0. The van der Waals surface area contributed by atoms with Crippen molar-refractivity contribution in [3.63, 3.8) is 0 Å². The van der Waals surface area contributed by atoms with E-state index < -0.39 is 23.5 Å². The van der Waals surface area contributed by atoms with E-state index in [9.17, 15) is 14.0 Å². The number of methoxy groups -OCH3 is 1. The number of nitrogens with zero attached hydrogens (tertiary/aromatic N) is 2. The number of benzene rings is 2. The van der Waals surface area contributed by atoms with E-state index >= 15 is 0 Å². The third kappa shape index (κ3) is 7.59. The summed E-state index contributed by atoms with van der Waals surface area (Å²) in [6.07, 6.45) is 2.37. The Kier molecular flexibility index (Phi) is 8.53. The molecule has 3 aromatic rings. The van der Waals surface area contributed by atoms with Crippen LogP contribution in [0.1, 0.15) is 50.4 Å². The highest BCUT2D eigenvalue weighted by molar-refractivity contribution is 5.96. The van der Waals surface area contributed by atoms with Crippen LogP contribution in [0.2, 0.25) is 0 Å². The molecule has 1 aliphatic rings. The van der Waals surface area contributed by atoms with E-state index in [0.29, 0.717) is 22.9 Å². The Morgan fingerprint density at radius 1 is 0.923 bits per heavy atom. The van der Waals surface area contributed by atoms with Gasteiger partial charge in [0.15, 0.2) is 5.82 Å². The molecular weight excluding hydrogens is 505 g/mol. The molecule has 1 fully saturated rings. The molecule has 0 spiro atoms. The number of pyridine rings is 1. The predicted molar refractivity (Wildman–Crippen MR) is 144 cm³/mol. The summed E-state index contributed by atoms with van der Waals surface area (Å²) in [5.74, 6) is 0.287. The average Bonchev–Trinajstić information content (AvgIpc) is 2.89. The van der Waals surface area contributed by atoms with Gasteiger partial charge in [0, 0.05) is 19.2 Å². The van der Waals surface area contributed by atoms with E-state index in [4.69, 9.17) is 18.9 Å². The van der Waals surface area contributed by atoms with Crippen molar-refractivity contribution in [1.82, 2.24) is 4.98 Å². The van der Waals surface area contributed by atoms with E-state index in [2.05, 4.69) is 15.2 Å². The molecule has 39 heavy (non-hydrogen) atoms. The molecule has 0 radical (unpaired) electrons. The molecule has 1 N–H and O–H groups in total. The summed E-state index contributed by atoms with van der Waals surface area (Å²) in [5, 5.41) is 2.72. The number of carbonyl (C=O) groups is 2. The minimum absolute atomic E-state index is 0.0486. The first-order chi connectivity index (χ1) is 18.6. The molecule has 1 saturated heterocycles. The van der Waals surface area contributed by atoms with Gasteiger partial charge in [-0.1, -0.05) is 6.07 Å². The van der Waals surface area contributed by atoms with Gasteiger partial charge in [0.25, 0.3) is 0 Å². The molecule has 1 amide bonds. The smallest absolute Gasteiger partial charge is 0.413 e. The molecule has 10 heteroatoms. The third-order valence-electron chi connectivity index (χ3n) is 5.76. The van der Waals surface area contributed by atoms with Crippen LogP contribution in [-0.4, -0.2) is 42.8 Å². The van der Waals surface area contributed by atoms with Crippen molar-refractivity contribution >= 4 is 23.6 Å². The number of carbonyl (C=O) groups excluding carboxylic acids is 2. The molecule has 2 heterocycles. The fourth-order valence-corrected chi connectivity index (χ4v) is 4.04. The Bertz CT molecular complexity index is 1320. The van der Waals surface area contributed by atoms with Crippen LogP contribution < -0.4 is 19.7 Å². The van der Waals surface area contributed by atoms with Crippen molar-refractivity contribution in [2.75, 3.05) is 30.4 Å². The van der Waals surface area contributed by atoms with E-state index in [0.717, 1.165) is 32.4 Å². The fraction of sp³-hybridized carbons (Fsp3) is 0.345. The first-order valence-corrected chi connectivity index (χ1v) is 12.7. The number of halogens is 1. The number of piperidine rings is 1. The zero-order chi connectivity index (χ0) is 28.0. The van der Waals surface area contributed by atoms with Crippen molar-refractivity contribution in [2.45, 2.75) is 45.6 Å². The first-order valence-electron chi connectivity index (χ1n) is 12.7. The highest BCUT2D eigenvalue weighted by atomic mass is 19.1. The summed E-state index contributed by atoms with van der Waals surface area (Å²) in [6, 6.07) is 13.9. The Morgan fingerprint density at radius 2 is 1.59 bits per heavy atom. The number of rotatable bonds is 7. The molecule has 0 bridgehead atoms. The van der Waals surface area contributed by atoms with Crippen LogP contribution in [0.15, 0.2) is 54.6 Å². The molecule has 206 valence electrons. The zero-order valence-electron chi connectivity index (χ0n) is 22.5. The van der Waals surface area contributed by atoms with Gasteiger partial charge in [0.05, 0.1) is 12.8 Å². The minimum atomic E-state index is -0.712. The number of nitrogens with one attached hydrogen (secondary N) is 1. The van der Waals surface area contributed by atoms with Crippen molar-refractivity contribution in [3.8, 4) is 23.1 Å². The molecule has 2 aromatic carbocycles. The molecule has 0 atom stereocenters. The Balaban J connectivity index is 1.65. The number of amides is 1. The number of anilines is 2. The van der Waals surface area contributed by atoms with E-state index in [1.54, 1.807) is 63.2 Å². The molecule has 4 rings (SSSR count). The lowest BCUT2D eigenvalue weighted by Gasteiger charge is -2.31. The monoisotopic (exact) mass is 537 g/mol. The minimum Gasteiger partial charge on any atom is -0.465 e. The van der Waals surface area contributed by atoms with Crippen LogP contribution in [-0.2, 0) is 9.47 Å². The van der Waals surface area contributed by atoms with Crippen LogP contribution in [0, 0.1) is 5.82 Å². The number of hydrogen-bond donors (Lipinski definition) is 1. The van der Waals surface area contributed by atoms with Crippen LogP contribution in [0.4, 0.5) is 20.7 Å². The number of hydrogen-bond acceptors (Lipinski definition) is 8. The molecule has 1 aromatic heterocycles. The molecular formula is C29H32FN3O6.